The van der Waals surface area contributed by atoms with Crippen molar-refractivity contribution in [1.82, 2.24) is 15.2 Å². The Morgan fingerprint density at radius 3 is 2.62 bits per heavy atom. The molecule has 1 fully saturated rings. The van der Waals surface area contributed by atoms with Crippen LogP contribution in [0, 0.1) is 12.8 Å². The van der Waals surface area contributed by atoms with Crippen molar-refractivity contribution in [3.8, 4) is 5.75 Å². The number of nitrogens with zero attached hydrogens (tertiary/aromatic N) is 2. The summed E-state index contributed by atoms with van der Waals surface area (Å²) in [6, 6.07) is 0.126. The van der Waals surface area contributed by atoms with Gasteiger partial charge in [0, 0.05) is 49.5 Å². The van der Waals surface area contributed by atoms with Gasteiger partial charge < -0.3 is 15.5 Å². The average molecular weight is 293 g/mol. The quantitative estimate of drug-likeness (QED) is 0.769. The molecule has 1 aromatic rings. The Morgan fingerprint density at radius 2 is 2.05 bits per heavy atom. The minimum absolute atomic E-state index is 0.0881. The summed E-state index contributed by atoms with van der Waals surface area (Å²) in [4.78, 5) is 6.60. The highest BCUT2D eigenvalue weighted by molar-refractivity contribution is 5.43. The zero-order chi connectivity index (χ0) is 15.4. The minimum Gasteiger partial charge on any atom is -0.506 e. The lowest BCUT2D eigenvalue weighted by atomic mass is 9.87. The van der Waals surface area contributed by atoms with Gasteiger partial charge in [-0.2, -0.15) is 0 Å². The molecule has 5 heteroatoms. The van der Waals surface area contributed by atoms with E-state index in [-0.39, 0.29) is 18.4 Å². The van der Waals surface area contributed by atoms with Crippen LogP contribution in [0.25, 0.3) is 0 Å². The third-order valence-electron chi connectivity index (χ3n) is 4.55. The van der Waals surface area contributed by atoms with Gasteiger partial charge in [-0.15, -0.1) is 0 Å². The van der Waals surface area contributed by atoms with E-state index < -0.39 is 0 Å². The fourth-order valence-electron chi connectivity index (χ4n) is 3.12. The van der Waals surface area contributed by atoms with Crippen molar-refractivity contribution in [2.75, 3.05) is 26.2 Å². The number of pyridine rings is 1. The van der Waals surface area contributed by atoms with Crippen molar-refractivity contribution in [3.05, 3.63) is 23.0 Å². The van der Waals surface area contributed by atoms with Gasteiger partial charge in [0.05, 0.1) is 12.3 Å². The molecule has 0 radical (unpaired) electrons. The largest absolute Gasteiger partial charge is 0.506 e. The van der Waals surface area contributed by atoms with E-state index in [1.54, 1.807) is 6.20 Å². The molecule has 2 atom stereocenters. The van der Waals surface area contributed by atoms with Gasteiger partial charge in [0.2, 0.25) is 0 Å². The first-order valence-corrected chi connectivity index (χ1v) is 7.83. The van der Waals surface area contributed by atoms with E-state index >= 15 is 0 Å². The maximum absolute atomic E-state index is 10.5. The monoisotopic (exact) mass is 293 g/mol. The van der Waals surface area contributed by atoms with Crippen molar-refractivity contribution in [2.45, 2.75) is 39.8 Å². The fourth-order valence-corrected chi connectivity index (χ4v) is 3.12. The Hall–Kier alpha value is -1.17. The van der Waals surface area contributed by atoms with Crippen molar-refractivity contribution in [3.63, 3.8) is 0 Å². The van der Waals surface area contributed by atoms with E-state index in [0.29, 0.717) is 11.6 Å². The summed E-state index contributed by atoms with van der Waals surface area (Å²) >= 11 is 0. The number of piperazine rings is 1. The molecule has 2 rings (SSSR count). The number of rotatable bonds is 5. The Morgan fingerprint density at radius 1 is 1.38 bits per heavy atom. The highest BCUT2D eigenvalue weighted by Gasteiger charge is 2.31. The lowest BCUT2D eigenvalue weighted by Gasteiger charge is -2.39. The molecule has 0 bridgehead atoms. The predicted octanol–water partition coefficient (Wildman–Crippen LogP) is 1.58. The molecule has 0 spiro atoms. The molecular weight excluding hydrogens is 266 g/mol. The first-order valence-electron chi connectivity index (χ1n) is 7.83. The molecule has 2 heterocycles. The van der Waals surface area contributed by atoms with E-state index in [4.69, 9.17) is 0 Å². The standard InChI is InChI=1S/C16H27N3O2/c1-4-11(2)15(19-7-5-17-6-8-19)14-13(10-20)9-18-12(3)16(14)21/h9,11,15,17,20-21H,4-8,10H2,1-3H3/t11?,15-/m0/s1. The van der Waals surface area contributed by atoms with Crippen LogP contribution >= 0.6 is 0 Å². The summed E-state index contributed by atoms with van der Waals surface area (Å²) in [5.41, 5.74) is 2.23. The van der Waals surface area contributed by atoms with Gasteiger partial charge in [-0.05, 0) is 12.8 Å². The normalized spacial score (nSPS) is 19.4. The van der Waals surface area contributed by atoms with Crippen LogP contribution < -0.4 is 5.32 Å². The fraction of sp³-hybridized carbons (Fsp3) is 0.688. The van der Waals surface area contributed by atoms with E-state index in [0.717, 1.165) is 43.7 Å². The zero-order valence-corrected chi connectivity index (χ0v) is 13.3. The number of nitrogens with one attached hydrogen (secondary N) is 1. The second-order valence-electron chi connectivity index (χ2n) is 5.91. The molecule has 0 aliphatic carbocycles. The number of hydrogen-bond donors (Lipinski definition) is 3. The SMILES string of the molecule is CCC(C)[C@@H](c1c(CO)cnc(C)c1O)N1CCNCC1. The Labute approximate surface area is 127 Å². The summed E-state index contributed by atoms with van der Waals surface area (Å²) < 4.78 is 0. The molecule has 0 aromatic carbocycles. The highest BCUT2D eigenvalue weighted by atomic mass is 16.3. The first-order chi connectivity index (χ1) is 10.1. The topological polar surface area (TPSA) is 68.6 Å². The second kappa shape index (κ2) is 7.20. The molecule has 0 amide bonds. The van der Waals surface area contributed by atoms with E-state index in [2.05, 4.69) is 29.0 Å². The van der Waals surface area contributed by atoms with Crippen molar-refractivity contribution in [2.24, 2.45) is 5.92 Å². The molecule has 3 N–H and O–H groups in total. The van der Waals surface area contributed by atoms with Crippen LogP contribution in [0.5, 0.6) is 5.75 Å². The molecule has 21 heavy (non-hydrogen) atoms. The maximum atomic E-state index is 10.5. The van der Waals surface area contributed by atoms with Gasteiger partial charge in [0.25, 0.3) is 0 Å². The van der Waals surface area contributed by atoms with Crippen molar-refractivity contribution in [1.29, 1.82) is 0 Å². The summed E-state index contributed by atoms with van der Waals surface area (Å²) in [6.45, 7) is 9.95. The zero-order valence-electron chi connectivity index (χ0n) is 13.3. The van der Waals surface area contributed by atoms with Gasteiger partial charge in [-0.3, -0.25) is 9.88 Å². The lowest BCUT2D eigenvalue weighted by Crippen LogP contribution is -2.46. The van der Waals surface area contributed by atoms with Crippen LogP contribution in [0.2, 0.25) is 0 Å². The van der Waals surface area contributed by atoms with E-state index in [1.165, 1.54) is 0 Å². The number of aromatic nitrogens is 1. The van der Waals surface area contributed by atoms with Crippen LogP contribution in [0.4, 0.5) is 0 Å². The average Bonchev–Trinajstić information content (AvgIpc) is 2.52. The van der Waals surface area contributed by atoms with E-state index in [1.807, 2.05) is 6.92 Å². The van der Waals surface area contributed by atoms with Gasteiger partial charge in [0.15, 0.2) is 0 Å². The van der Waals surface area contributed by atoms with Crippen LogP contribution in [0.3, 0.4) is 0 Å². The molecule has 1 aromatic heterocycles. The van der Waals surface area contributed by atoms with Gasteiger partial charge in [-0.1, -0.05) is 20.3 Å². The number of aromatic hydroxyl groups is 1. The molecule has 0 saturated carbocycles. The minimum atomic E-state index is -0.0881. The van der Waals surface area contributed by atoms with Crippen LogP contribution in [0.15, 0.2) is 6.20 Å². The van der Waals surface area contributed by atoms with Crippen LogP contribution in [-0.2, 0) is 6.61 Å². The Bertz CT molecular complexity index is 473. The summed E-state index contributed by atoms with van der Waals surface area (Å²) in [5, 5.41) is 23.6. The third-order valence-corrected chi connectivity index (χ3v) is 4.55. The molecular formula is C16H27N3O2. The maximum Gasteiger partial charge on any atom is 0.141 e. The second-order valence-corrected chi connectivity index (χ2v) is 5.91. The molecule has 1 unspecified atom stereocenters. The smallest absolute Gasteiger partial charge is 0.141 e. The van der Waals surface area contributed by atoms with Gasteiger partial charge >= 0.3 is 0 Å². The lowest BCUT2D eigenvalue weighted by molar-refractivity contribution is 0.123. The van der Waals surface area contributed by atoms with Gasteiger partial charge in [0.1, 0.15) is 5.75 Å². The summed E-state index contributed by atoms with van der Waals surface area (Å²) in [5.74, 6) is 0.645. The van der Waals surface area contributed by atoms with Crippen molar-refractivity contribution >= 4 is 0 Å². The summed E-state index contributed by atoms with van der Waals surface area (Å²) in [6.07, 6.45) is 2.72. The molecule has 1 aliphatic rings. The molecule has 1 saturated heterocycles. The molecule has 1 aliphatic heterocycles. The highest BCUT2D eigenvalue weighted by Crippen LogP contribution is 2.39. The third kappa shape index (κ3) is 3.36. The number of hydrogen-bond acceptors (Lipinski definition) is 5. The Balaban J connectivity index is 2.47. The van der Waals surface area contributed by atoms with Crippen LogP contribution in [0.1, 0.15) is 43.1 Å². The predicted molar refractivity (Wildman–Crippen MR) is 83.2 cm³/mol. The Kier molecular flexibility index (Phi) is 5.56. The first kappa shape index (κ1) is 16.2. The molecule has 5 nitrogen and oxygen atoms in total. The molecule has 118 valence electrons. The van der Waals surface area contributed by atoms with Gasteiger partial charge in [-0.25, -0.2) is 0 Å². The number of aliphatic hydroxyl groups is 1. The van der Waals surface area contributed by atoms with Crippen LogP contribution in [-0.4, -0.2) is 46.3 Å². The number of aryl methyl sites for hydroxylation is 1. The van der Waals surface area contributed by atoms with Crippen molar-refractivity contribution < 1.29 is 10.2 Å². The summed E-state index contributed by atoms with van der Waals surface area (Å²) in [7, 11) is 0. The number of aliphatic hydroxyl groups excluding tert-OH is 1. The van der Waals surface area contributed by atoms with E-state index in [9.17, 15) is 10.2 Å².